The van der Waals surface area contributed by atoms with Crippen LogP contribution in [0.5, 0.6) is 5.75 Å². The Labute approximate surface area is 145 Å². The van der Waals surface area contributed by atoms with E-state index in [9.17, 15) is 4.79 Å². The lowest BCUT2D eigenvalue weighted by atomic mass is 9.81. The van der Waals surface area contributed by atoms with E-state index in [2.05, 4.69) is 0 Å². The van der Waals surface area contributed by atoms with Crippen LogP contribution in [0.25, 0.3) is 0 Å². The van der Waals surface area contributed by atoms with Gasteiger partial charge in [-0.3, -0.25) is 4.79 Å². The minimum Gasteiger partial charge on any atom is -0.484 e. The second-order valence-electron chi connectivity index (χ2n) is 5.84. The van der Waals surface area contributed by atoms with Gasteiger partial charge in [0.05, 0.1) is 11.5 Å². The fraction of sp³-hybridized carbons (Fsp3) is 0.0952. The molecule has 2 nitrogen and oxygen atoms in total. The molecule has 1 aliphatic heterocycles. The average Bonchev–Trinajstić information content (AvgIpc) is 2.63. The summed E-state index contributed by atoms with van der Waals surface area (Å²) in [5.74, 6) is 0.347. The number of benzene rings is 3. The number of ketones is 1. The van der Waals surface area contributed by atoms with Crippen LogP contribution in [0.15, 0.2) is 78.9 Å². The quantitative estimate of drug-likeness (QED) is 0.623. The third-order valence-corrected chi connectivity index (χ3v) is 4.60. The zero-order chi connectivity index (χ0) is 16.5. The molecule has 0 bridgehead atoms. The van der Waals surface area contributed by atoms with Gasteiger partial charge in [0.15, 0.2) is 5.78 Å². The van der Waals surface area contributed by atoms with Crippen LogP contribution in [-0.2, 0) is 0 Å². The molecule has 0 amide bonds. The van der Waals surface area contributed by atoms with Gasteiger partial charge in [0.2, 0.25) is 0 Å². The molecule has 1 aliphatic rings. The highest BCUT2D eigenvalue weighted by Gasteiger charge is 2.38. The van der Waals surface area contributed by atoms with E-state index in [0.717, 1.165) is 11.1 Å². The van der Waals surface area contributed by atoms with E-state index in [-0.39, 0.29) is 17.8 Å². The Morgan fingerprint density at radius 1 is 0.750 bits per heavy atom. The smallest absolute Gasteiger partial charge is 0.178 e. The number of halogens is 1. The van der Waals surface area contributed by atoms with Crippen LogP contribution in [0.2, 0.25) is 5.02 Å². The first-order chi connectivity index (χ1) is 11.7. The molecule has 118 valence electrons. The summed E-state index contributed by atoms with van der Waals surface area (Å²) in [7, 11) is 0. The van der Waals surface area contributed by atoms with Gasteiger partial charge in [-0.1, -0.05) is 66.2 Å². The monoisotopic (exact) mass is 334 g/mol. The maximum atomic E-state index is 13.2. The van der Waals surface area contributed by atoms with Crippen molar-refractivity contribution < 1.29 is 9.53 Å². The van der Waals surface area contributed by atoms with Gasteiger partial charge in [0.1, 0.15) is 11.9 Å². The standard InChI is InChI=1S/C21H15ClO2/c22-16-12-10-15(11-13-16)21-19(14-6-2-1-3-7-14)20(23)17-8-4-5-9-18(17)24-21/h1-13,19,21H/t19-,21-/m0/s1. The van der Waals surface area contributed by atoms with Crippen LogP contribution in [0.3, 0.4) is 0 Å². The summed E-state index contributed by atoms with van der Waals surface area (Å²) >= 11 is 6.01. The van der Waals surface area contributed by atoms with Gasteiger partial charge in [-0.2, -0.15) is 0 Å². The van der Waals surface area contributed by atoms with E-state index in [1.165, 1.54) is 0 Å². The van der Waals surface area contributed by atoms with Crippen molar-refractivity contribution in [3.63, 3.8) is 0 Å². The fourth-order valence-corrected chi connectivity index (χ4v) is 3.31. The third-order valence-electron chi connectivity index (χ3n) is 4.35. The van der Waals surface area contributed by atoms with Gasteiger partial charge in [0, 0.05) is 5.02 Å². The summed E-state index contributed by atoms with van der Waals surface area (Å²) in [6.45, 7) is 0. The molecule has 0 unspecified atom stereocenters. The second kappa shape index (κ2) is 6.14. The maximum Gasteiger partial charge on any atom is 0.178 e. The Bertz CT molecular complexity index is 872. The minimum atomic E-state index is -0.373. The lowest BCUT2D eigenvalue weighted by Gasteiger charge is -2.33. The lowest BCUT2D eigenvalue weighted by Crippen LogP contribution is -2.29. The number of rotatable bonds is 2. The summed E-state index contributed by atoms with van der Waals surface area (Å²) in [5.41, 5.74) is 2.53. The van der Waals surface area contributed by atoms with Crippen molar-refractivity contribution in [2.45, 2.75) is 12.0 Å². The topological polar surface area (TPSA) is 26.3 Å². The molecule has 0 radical (unpaired) electrons. The fourth-order valence-electron chi connectivity index (χ4n) is 3.18. The Hall–Kier alpha value is -2.58. The van der Waals surface area contributed by atoms with E-state index in [1.54, 1.807) is 0 Å². The predicted molar refractivity (Wildman–Crippen MR) is 94.8 cm³/mol. The molecule has 0 N–H and O–H groups in total. The summed E-state index contributed by atoms with van der Waals surface area (Å²) in [6, 6.07) is 24.7. The Balaban J connectivity index is 1.86. The van der Waals surface area contributed by atoms with Crippen LogP contribution in [0.1, 0.15) is 33.5 Å². The van der Waals surface area contributed by atoms with Gasteiger partial charge in [-0.05, 0) is 35.4 Å². The van der Waals surface area contributed by atoms with Crippen LogP contribution in [0.4, 0.5) is 0 Å². The van der Waals surface area contributed by atoms with E-state index in [1.807, 2.05) is 78.9 Å². The Morgan fingerprint density at radius 3 is 2.17 bits per heavy atom. The molecule has 3 aromatic rings. The van der Waals surface area contributed by atoms with Crippen LogP contribution < -0.4 is 4.74 Å². The van der Waals surface area contributed by atoms with Crippen molar-refractivity contribution in [3.8, 4) is 5.75 Å². The number of para-hydroxylation sites is 1. The van der Waals surface area contributed by atoms with E-state index >= 15 is 0 Å². The molecule has 3 heteroatoms. The first-order valence-corrected chi connectivity index (χ1v) is 8.22. The van der Waals surface area contributed by atoms with E-state index in [0.29, 0.717) is 16.3 Å². The predicted octanol–water partition coefficient (Wildman–Crippen LogP) is 5.44. The van der Waals surface area contributed by atoms with Gasteiger partial charge < -0.3 is 4.74 Å². The molecule has 0 aromatic heterocycles. The molecule has 2 atom stereocenters. The minimum absolute atomic E-state index is 0.0861. The zero-order valence-electron chi connectivity index (χ0n) is 12.9. The number of carbonyl (C=O) groups excluding carboxylic acids is 1. The van der Waals surface area contributed by atoms with E-state index in [4.69, 9.17) is 16.3 Å². The van der Waals surface area contributed by atoms with Crippen molar-refractivity contribution in [3.05, 3.63) is 101 Å². The van der Waals surface area contributed by atoms with Crippen molar-refractivity contribution in [2.24, 2.45) is 0 Å². The number of carbonyl (C=O) groups is 1. The molecular formula is C21H15ClO2. The van der Waals surface area contributed by atoms with Crippen LogP contribution in [-0.4, -0.2) is 5.78 Å². The number of ether oxygens (including phenoxy) is 1. The Morgan fingerprint density at radius 2 is 1.42 bits per heavy atom. The van der Waals surface area contributed by atoms with Gasteiger partial charge in [0.25, 0.3) is 0 Å². The highest BCUT2D eigenvalue weighted by atomic mass is 35.5. The number of fused-ring (bicyclic) bond motifs is 1. The maximum absolute atomic E-state index is 13.2. The third kappa shape index (κ3) is 2.59. The first kappa shape index (κ1) is 15.0. The molecule has 1 heterocycles. The molecule has 24 heavy (non-hydrogen) atoms. The van der Waals surface area contributed by atoms with Crippen molar-refractivity contribution in [2.75, 3.05) is 0 Å². The number of Topliss-reactive ketones (excluding diaryl/α,β-unsaturated/α-hetero) is 1. The van der Waals surface area contributed by atoms with Crippen molar-refractivity contribution in [1.82, 2.24) is 0 Å². The van der Waals surface area contributed by atoms with Crippen LogP contribution >= 0.6 is 11.6 Å². The summed E-state index contributed by atoms with van der Waals surface area (Å²) in [5, 5.41) is 0.664. The molecule has 0 saturated heterocycles. The number of hydrogen-bond donors (Lipinski definition) is 0. The first-order valence-electron chi connectivity index (χ1n) is 7.84. The van der Waals surface area contributed by atoms with Gasteiger partial charge in [-0.15, -0.1) is 0 Å². The largest absolute Gasteiger partial charge is 0.484 e. The lowest BCUT2D eigenvalue weighted by molar-refractivity contribution is 0.0782. The summed E-state index contributed by atoms with van der Waals surface area (Å²) in [6.07, 6.45) is -0.368. The highest BCUT2D eigenvalue weighted by molar-refractivity contribution is 6.30. The van der Waals surface area contributed by atoms with E-state index < -0.39 is 0 Å². The average molecular weight is 335 g/mol. The second-order valence-corrected chi connectivity index (χ2v) is 6.28. The number of hydrogen-bond acceptors (Lipinski definition) is 2. The zero-order valence-corrected chi connectivity index (χ0v) is 13.6. The molecule has 0 fully saturated rings. The molecular weight excluding hydrogens is 320 g/mol. The summed E-state index contributed by atoms with van der Waals surface area (Å²) in [4.78, 5) is 13.2. The molecule has 0 spiro atoms. The molecule has 3 aromatic carbocycles. The molecule has 4 rings (SSSR count). The van der Waals surface area contributed by atoms with Crippen molar-refractivity contribution in [1.29, 1.82) is 0 Å². The van der Waals surface area contributed by atoms with Gasteiger partial charge in [-0.25, -0.2) is 0 Å². The van der Waals surface area contributed by atoms with Gasteiger partial charge >= 0.3 is 0 Å². The molecule has 0 saturated carbocycles. The summed E-state index contributed by atoms with van der Waals surface area (Å²) < 4.78 is 6.23. The molecule has 0 aliphatic carbocycles. The normalized spacial score (nSPS) is 19.5. The highest BCUT2D eigenvalue weighted by Crippen LogP contribution is 2.43. The Kier molecular flexibility index (Phi) is 3.83. The SMILES string of the molecule is O=C1c2ccccc2O[C@@H](c2ccc(Cl)cc2)[C@H]1c1ccccc1. The van der Waals surface area contributed by atoms with Crippen molar-refractivity contribution >= 4 is 17.4 Å². The van der Waals surface area contributed by atoms with Crippen LogP contribution in [0, 0.1) is 0 Å².